The molecule has 3 amide bonds. The maximum absolute atomic E-state index is 12.3. The number of carbonyl (C=O) groups excluding carboxylic acids is 3. The first-order chi connectivity index (χ1) is 13.1. The number of amides is 3. The van der Waals surface area contributed by atoms with Gasteiger partial charge in [-0.15, -0.1) is 0 Å². The van der Waals surface area contributed by atoms with Crippen molar-refractivity contribution in [3.05, 3.63) is 24.3 Å². The van der Waals surface area contributed by atoms with Gasteiger partial charge in [-0.2, -0.15) is 0 Å². The molecule has 2 aliphatic rings. The van der Waals surface area contributed by atoms with E-state index < -0.39 is 12.0 Å². The Balaban J connectivity index is 1.42. The Labute approximate surface area is 157 Å². The molecule has 9 nitrogen and oxygen atoms in total. The summed E-state index contributed by atoms with van der Waals surface area (Å²) in [6.45, 7) is 3.67. The number of ether oxygens (including phenoxy) is 3. The smallest absolute Gasteiger partial charge is 0.409 e. The summed E-state index contributed by atoms with van der Waals surface area (Å²) in [5.74, 6) is 0.495. The summed E-state index contributed by atoms with van der Waals surface area (Å²) < 4.78 is 16.1. The standard InChI is InChI=1S/C18H23N3O6/c1-2-25-18(24)21-9-7-20(8-10-21)16(22)11-19-17(23)15-12-26-13-5-3-4-6-14(13)27-15/h3-6,15H,2,7-12H2,1H3,(H,19,23). The second-order valence-electron chi connectivity index (χ2n) is 6.15. The number of benzene rings is 1. The third kappa shape index (κ3) is 4.60. The van der Waals surface area contributed by atoms with Crippen LogP contribution in [0.2, 0.25) is 0 Å². The minimum atomic E-state index is -0.798. The quantitative estimate of drug-likeness (QED) is 0.808. The van der Waals surface area contributed by atoms with E-state index in [2.05, 4.69) is 5.32 Å². The number of rotatable bonds is 4. The SMILES string of the molecule is CCOC(=O)N1CCN(C(=O)CNC(=O)C2COc3ccccc3O2)CC1. The number of hydrogen-bond donors (Lipinski definition) is 1. The second-order valence-corrected chi connectivity index (χ2v) is 6.15. The molecule has 146 valence electrons. The fourth-order valence-corrected chi connectivity index (χ4v) is 2.89. The normalized spacial score (nSPS) is 18.6. The number of nitrogens with zero attached hydrogens (tertiary/aromatic N) is 2. The third-order valence-electron chi connectivity index (χ3n) is 4.37. The monoisotopic (exact) mass is 377 g/mol. The van der Waals surface area contributed by atoms with Gasteiger partial charge in [0.15, 0.2) is 11.5 Å². The van der Waals surface area contributed by atoms with E-state index in [9.17, 15) is 14.4 Å². The van der Waals surface area contributed by atoms with E-state index >= 15 is 0 Å². The molecule has 0 aromatic heterocycles. The van der Waals surface area contributed by atoms with Crippen molar-refractivity contribution in [2.24, 2.45) is 0 Å². The number of para-hydroxylation sites is 2. The highest BCUT2D eigenvalue weighted by Gasteiger charge is 2.29. The van der Waals surface area contributed by atoms with Crippen molar-refractivity contribution >= 4 is 17.9 Å². The van der Waals surface area contributed by atoms with Crippen LogP contribution in [0.3, 0.4) is 0 Å². The largest absolute Gasteiger partial charge is 0.485 e. The highest BCUT2D eigenvalue weighted by atomic mass is 16.6. The van der Waals surface area contributed by atoms with Crippen LogP contribution in [0.4, 0.5) is 4.79 Å². The third-order valence-corrected chi connectivity index (χ3v) is 4.37. The molecule has 0 spiro atoms. The first-order valence-electron chi connectivity index (χ1n) is 8.94. The molecule has 27 heavy (non-hydrogen) atoms. The number of piperazine rings is 1. The summed E-state index contributed by atoms with van der Waals surface area (Å²) >= 11 is 0. The molecular formula is C18H23N3O6. The Kier molecular flexibility index (Phi) is 6.00. The van der Waals surface area contributed by atoms with E-state index in [0.29, 0.717) is 44.3 Å². The maximum atomic E-state index is 12.3. The fourth-order valence-electron chi connectivity index (χ4n) is 2.89. The van der Waals surface area contributed by atoms with E-state index in [-0.39, 0.29) is 25.2 Å². The molecule has 1 aromatic carbocycles. The van der Waals surface area contributed by atoms with Crippen LogP contribution in [0.25, 0.3) is 0 Å². The van der Waals surface area contributed by atoms with Crippen LogP contribution in [0.15, 0.2) is 24.3 Å². The van der Waals surface area contributed by atoms with Crippen LogP contribution in [0.1, 0.15) is 6.92 Å². The van der Waals surface area contributed by atoms with E-state index in [1.165, 1.54) is 0 Å². The van der Waals surface area contributed by atoms with Crippen LogP contribution in [0.5, 0.6) is 11.5 Å². The Bertz CT molecular complexity index is 702. The molecule has 0 saturated carbocycles. The lowest BCUT2D eigenvalue weighted by Gasteiger charge is -2.34. The number of fused-ring (bicyclic) bond motifs is 1. The zero-order valence-electron chi connectivity index (χ0n) is 15.2. The van der Waals surface area contributed by atoms with Crippen molar-refractivity contribution in [1.29, 1.82) is 0 Å². The van der Waals surface area contributed by atoms with Gasteiger partial charge in [-0.1, -0.05) is 12.1 Å². The lowest BCUT2D eigenvalue weighted by atomic mass is 10.2. The number of nitrogens with one attached hydrogen (secondary N) is 1. The van der Waals surface area contributed by atoms with Gasteiger partial charge in [0, 0.05) is 26.2 Å². The van der Waals surface area contributed by atoms with Gasteiger partial charge >= 0.3 is 6.09 Å². The first kappa shape index (κ1) is 18.8. The molecule has 1 N–H and O–H groups in total. The zero-order chi connectivity index (χ0) is 19.2. The molecule has 0 radical (unpaired) electrons. The van der Waals surface area contributed by atoms with Gasteiger partial charge in [-0.05, 0) is 19.1 Å². The van der Waals surface area contributed by atoms with Crippen LogP contribution in [-0.2, 0) is 14.3 Å². The highest BCUT2D eigenvalue weighted by molar-refractivity contribution is 5.87. The molecule has 1 fully saturated rings. The second kappa shape index (κ2) is 8.61. The molecular weight excluding hydrogens is 354 g/mol. The summed E-state index contributed by atoms with van der Waals surface area (Å²) in [7, 11) is 0. The molecule has 9 heteroatoms. The summed E-state index contributed by atoms with van der Waals surface area (Å²) in [5, 5.41) is 2.59. The van der Waals surface area contributed by atoms with Crippen LogP contribution in [0, 0.1) is 0 Å². The molecule has 3 rings (SSSR count). The van der Waals surface area contributed by atoms with Gasteiger partial charge in [0.05, 0.1) is 13.2 Å². The van der Waals surface area contributed by atoms with Gasteiger partial charge in [0.2, 0.25) is 12.0 Å². The van der Waals surface area contributed by atoms with Gasteiger partial charge in [0.1, 0.15) is 6.61 Å². The average molecular weight is 377 g/mol. The Morgan fingerprint density at radius 2 is 1.78 bits per heavy atom. The van der Waals surface area contributed by atoms with E-state index in [1.54, 1.807) is 34.9 Å². The van der Waals surface area contributed by atoms with Crippen molar-refractivity contribution in [2.45, 2.75) is 13.0 Å². The van der Waals surface area contributed by atoms with Gasteiger partial charge < -0.3 is 29.3 Å². The number of carbonyl (C=O) groups is 3. The summed E-state index contributed by atoms with van der Waals surface area (Å²) in [4.78, 5) is 39.4. The van der Waals surface area contributed by atoms with Crippen molar-refractivity contribution in [1.82, 2.24) is 15.1 Å². The Morgan fingerprint density at radius 3 is 2.48 bits per heavy atom. The fraction of sp³-hybridized carbons (Fsp3) is 0.500. The van der Waals surface area contributed by atoms with Crippen LogP contribution >= 0.6 is 0 Å². The predicted molar refractivity (Wildman–Crippen MR) is 94.5 cm³/mol. The van der Waals surface area contributed by atoms with Crippen molar-refractivity contribution in [3.8, 4) is 11.5 Å². The van der Waals surface area contributed by atoms with Crippen LogP contribution in [-0.4, -0.2) is 79.7 Å². The molecule has 2 heterocycles. The first-order valence-corrected chi connectivity index (χ1v) is 8.94. The molecule has 1 saturated heterocycles. The summed E-state index contributed by atoms with van der Waals surface area (Å²) in [5.41, 5.74) is 0. The summed E-state index contributed by atoms with van der Waals surface area (Å²) in [6.07, 6.45) is -1.17. The van der Waals surface area contributed by atoms with E-state index in [0.717, 1.165) is 0 Å². The number of hydrogen-bond acceptors (Lipinski definition) is 6. The minimum absolute atomic E-state index is 0.0925. The van der Waals surface area contributed by atoms with Crippen molar-refractivity contribution in [2.75, 3.05) is 45.9 Å². The predicted octanol–water partition coefficient (Wildman–Crippen LogP) is 0.243. The molecule has 2 aliphatic heterocycles. The van der Waals surface area contributed by atoms with Crippen LogP contribution < -0.4 is 14.8 Å². The zero-order valence-corrected chi connectivity index (χ0v) is 15.2. The van der Waals surface area contributed by atoms with Gasteiger partial charge in [-0.3, -0.25) is 9.59 Å². The Morgan fingerprint density at radius 1 is 1.11 bits per heavy atom. The lowest BCUT2D eigenvalue weighted by Crippen LogP contribution is -2.53. The lowest BCUT2D eigenvalue weighted by molar-refractivity contribution is -0.137. The summed E-state index contributed by atoms with van der Waals surface area (Å²) in [6, 6.07) is 7.11. The van der Waals surface area contributed by atoms with Crippen molar-refractivity contribution < 1.29 is 28.6 Å². The average Bonchev–Trinajstić information content (AvgIpc) is 2.71. The van der Waals surface area contributed by atoms with Crippen molar-refractivity contribution in [3.63, 3.8) is 0 Å². The van der Waals surface area contributed by atoms with E-state index in [4.69, 9.17) is 14.2 Å². The molecule has 0 aliphatic carbocycles. The Hall–Kier alpha value is -2.97. The maximum Gasteiger partial charge on any atom is 0.409 e. The minimum Gasteiger partial charge on any atom is -0.485 e. The van der Waals surface area contributed by atoms with Gasteiger partial charge in [0.25, 0.3) is 5.91 Å². The van der Waals surface area contributed by atoms with E-state index in [1.807, 2.05) is 6.07 Å². The molecule has 1 unspecified atom stereocenters. The topological polar surface area (TPSA) is 97.4 Å². The molecule has 0 bridgehead atoms. The molecule has 1 atom stereocenters. The van der Waals surface area contributed by atoms with Gasteiger partial charge in [-0.25, -0.2) is 4.79 Å². The molecule has 1 aromatic rings. The highest BCUT2D eigenvalue weighted by Crippen LogP contribution is 2.30.